The maximum atomic E-state index is 5.63. The van der Waals surface area contributed by atoms with Crippen molar-refractivity contribution in [1.82, 2.24) is 0 Å². The highest BCUT2D eigenvalue weighted by Gasteiger charge is 2.49. The van der Waals surface area contributed by atoms with E-state index >= 15 is 0 Å². The summed E-state index contributed by atoms with van der Waals surface area (Å²) in [7, 11) is 0. The smallest absolute Gasteiger partial charge is 0.164 e. The van der Waals surface area contributed by atoms with E-state index in [0.29, 0.717) is 12.4 Å². The minimum atomic E-state index is -0.576. The van der Waals surface area contributed by atoms with Crippen molar-refractivity contribution < 1.29 is 14.2 Å². The van der Waals surface area contributed by atoms with E-state index in [1.807, 2.05) is 13.8 Å². The van der Waals surface area contributed by atoms with Crippen LogP contribution in [0, 0.1) is 0 Å². The lowest BCUT2D eigenvalue weighted by atomic mass is 10.2. The van der Waals surface area contributed by atoms with Gasteiger partial charge in [0.15, 0.2) is 11.5 Å². The Kier molecular flexibility index (Phi) is 2.23. The van der Waals surface area contributed by atoms with Crippen molar-refractivity contribution in [3.8, 4) is 0 Å². The summed E-state index contributed by atoms with van der Waals surface area (Å²) in [6, 6.07) is 0. The molecule has 0 amide bonds. The number of ether oxygens (including phenoxy) is 3. The first kappa shape index (κ1) is 9.59. The summed E-state index contributed by atoms with van der Waals surface area (Å²) in [4.78, 5) is 0. The first-order valence-electron chi connectivity index (χ1n) is 4.03. The monoisotopic (exact) mass is 224 g/mol. The lowest BCUT2D eigenvalue weighted by Crippen LogP contribution is -2.23. The van der Waals surface area contributed by atoms with E-state index in [0.717, 1.165) is 0 Å². The van der Waals surface area contributed by atoms with Gasteiger partial charge in [0.25, 0.3) is 0 Å². The highest BCUT2D eigenvalue weighted by molar-refractivity contribution is 6.56. The summed E-state index contributed by atoms with van der Waals surface area (Å²) < 4.78 is 16.5. The average molecular weight is 225 g/mol. The number of halogens is 2. The molecule has 2 saturated heterocycles. The fourth-order valence-electron chi connectivity index (χ4n) is 1.60. The molecule has 0 aromatic heterocycles. The van der Waals surface area contributed by atoms with E-state index in [2.05, 4.69) is 0 Å². The molecule has 0 aliphatic carbocycles. The first-order chi connectivity index (χ1) is 5.99. The second-order valence-corrected chi connectivity index (χ2v) is 4.48. The van der Waals surface area contributed by atoms with E-state index < -0.39 is 5.79 Å². The maximum Gasteiger partial charge on any atom is 0.164 e. The molecule has 0 spiro atoms. The van der Waals surface area contributed by atoms with Gasteiger partial charge < -0.3 is 14.2 Å². The summed E-state index contributed by atoms with van der Waals surface area (Å²) in [6.45, 7) is 4.16. The van der Waals surface area contributed by atoms with Crippen molar-refractivity contribution in [2.75, 3.05) is 6.61 Å². The van der Waals surface area contributed by atoms with Gasteiger partial charge in [-0.25, -0.2) is 0 Å². The Labute approximate surface area is 86.5 Å². The molecule has 2 heterocycles. The number of hydrogen-bond donors (Lipinski definition) is 0. The van der Waals surface area contributed by atoms with Crippen LogP contribution in [0.1, 0.15) is 13.8 Å². The zero-order valence-corrected chi connectivity index (χ0v) is 8.85. The average Bonchev–Trinajstić information content (AvgIpc) is 2.41. The molecule has 0 N–H and O–H groups in total. The quantitative estimate of drug-likeness (QED) is 0.632. The van der Waals surface area contributed by atoms with Crippen LogP contribution in [0.25, 0.3) is 0 Å². The third kappa shape index (κ3) is 1.66. The van der Waals surface area contributed by atoms with Crippen molar-refractivity contribution in [2.45, 2.75) is 31.8 Å². The fraction of sp³-hybridized carbons (Fsp3) is 0.750. The summed E-state index contributed by atoms with van der Waals surface area (Å²) in [5.74, 6) is -0.0907. The molecule has 2 rings (SSSR count). The molecule has 13 heavy (non-hydrogen) atoms. The molecule has 2 fully saturated rings. The van der Waals surface area contributed by atoms with E-state index in [4.69, 9.17) is 37.4 Å². The molecule has 0 radical (unpaired) electrons. The molecule has 2 atom stereocenters. The van der Waals surface area contributed by atoms with Crippen LogP contribution < -0.4 is 0 Å². The molecule has 74 valence electrons. The van der Waals surface area contributed by atoms with E-state index in [1.54, 1.807) is 0 Å². The van der Waals surface area contributed by atoms with Crippen LogP contribution >= 0.6 is 23.2 Å². The molecule has 0 bridgehead atoms. The highest BCUT2D eigenvalue weighted by atomic mass is 35.5. The van der Waals surface area contributed by atoms with Crippen LogP contribution in [0.5, 0.6) is 0 Å². The lowest BCUT2D eigenvalue weighted by molar-refractivity contribution is -0.157. The summed E-state index contributed by atoms with van der Waals surface area (Å²) in [5, 5.41) is 0. The van der Waals surface area contributed by atoms with Gasteiger partial charge in [0, 0.05) is 0 Å². The van der Waals surface area contributed by atoms with Crippen LogP contribution in [0.4, 0.5) is 0 Å². The third-order valence-corrected chi connectivity index (χ3v) is 2.40. The van der Waals surface area contributed by atoms with Crippen molar-refractivity contribution in [3.05, 3.63) is 10.3 Å². The molecule has 0 aromatic carbocycles. The largest absolute Gasteiger partial charge is 0.490 e. The van der Waals surface area contributed by atoms with E-state index in [9.17, 15) is 0 Å². The Morgan fingerprint density at radius 2 is 2.08 bits per heavy atom. The van der Waals surface area contributed by atoms with Crippen molar-refractivity contribution in [3.63, 3.8) is 0 Å². The second-order valence-electron chi connectivity index (χ2n) is 3.53. The number of fused-ring (bicyclic) bond motifs is 1. The molecule has 3 nitrogen and oxygen atoms in total. The Balaban J connectivity index is 2.22. The Morgan fingerprint density at radius 1 is 1.38 bits per heavy atom. The molecule has 5 heteroatoms. The minimum absolute atomic E-state index is 0.0856. The molecular formula is C8H10Cl2O3. The van der Waals surface area contributed by atoms with Crippen LogP contribution in [0.15, 0.2) is 10.3 Å². The van der Waals surface area contributed by atoms with Crippen LogP contribution in [-0.2, 0) is 14.2 Å². The third-order valence-electron chi connectivity index (χ3n) is 2.03. The zero-order valence-electron chi connectivity index (χ0n) is 7.34. The predicted octanol–water partition coefficient (Wildman–Crippen LogP) is 2.18. The Bertz CT molecular complexity index is 258. The standard InChI is InChI=1S/C8H10Cl2O3/c1-8(2)12-4-3-11-6(7(9)10)5(4)13-8/h4-5H,3H2,1-2H3/t4-,5-/m1/s1. The van der Waals surface area contributed by atoms with E-state index in [-0.39, 0.29) is 16.7 Å². The Hall–Kier alpha value is 0.0400. The van der Waals surface area contributed by atoms with Gasteiger partial charge in [0.2, 0.25) is 0 Å². The van der Waals surface area contributed by atoms with Crippen LogP contribution in [0.3, 0.4) is 0 Å². The van der Waals surface area contributed by atoms with Gasteiger partial charge >= 0.3 is 0 Å². The maximum absolute atomic E-state index is 5.63. The normalized spacial score (nSPS) is 35.8. The van der Waals surface area contributed by atoms with Crippen molar-refractivity contribution >= 4 is 23.2 Å². The van der Waals surface area contributed by atoms with Crippen molar-refractivity contribution in [2.24, 2.45) is 0 Å². The van der Waals surface area contributed by atoms with E-state index in [1.165, 1.54) is 0 Å². The molecule has 0 unspecified atom stereocenters. The first-order valence-corrected chi connectivity index (χ1v) is 4.79. The van der Waals surface area contributed by atoms with Gasteiger partial charge in [-0.15, -0.1) is 0 Å². The highest BCUT2D eigenvalue weighted by Crippen LogP contribution is 2.39. The van der Waals surface area contributed by atoms with Crippen molar-refractivity contribution in [1.29, 1.82) is 0 Å². The summed E-state index contributed by atoms with van der Waals surface area (Å²) in [5.41, 5.74) is 0. The minimum Gasteiger partial charge on any atom is -0.490 e. The second kappa shape index (κ2) is 3.02. The SMILES string of the molecule is CC1(C)O[C@@H]2COC(=C(Cl)Cl)[C@@H]2O1. The summed E-state index contributed by atoms with van der Waals surface area (Å²) >= 11 is 11.3. The lowest BCUT2D eigenvalue weighted by Gasteiger charge is -2.18. The number of hydrogen-bond acceptors (Lipinski definition) is 3. The van der Waals surface area contributed by atoms with Crippen LogP contribution in [0.2, 0.25) is 0 Å². The molecule has 0 aromatic rings. The van der Waals surface area contributed by atoms with Gasteiger partial charge in [0.05, 0.1) is 0 Å². The van der Waals surface area contributed by atoms with Gasteiger partial charge in [-0.2, -0.15) is 0 Å². The van der Waals surface area contributed by atoms with Gasteiger partial charge in [0.1, 0.15) is 23.3 Å². The number of rotatable bonds is 0. The topological polar surface area (TPSA) is 27.7 Å². The molecule has 0 saturated carbocycles. The zero-order chi connectivity index (χ0) is 9.64. The van der Waals surface area contributed by atoms with Gasteiger partial charge in [-0.1, -0.05) is 23.2 Å². The molecule has 2 aliphatic rings. The fourth-order valence-corrected chi connectivity index (χ4v) is 1.92. The molecular weight excluding hydrogens is 215 g/mol. The predicted molar refractivity (Wildman–Crippen MR) is 48.5 cm³/mol. The van der Waals surface area contributed by atoms with Gasteiger partial charge in [-0.3, -0.25) is 0 Å². The molecule has 2 aliphatic heterocycles. The Morgan fingerprint density at radius 3 is 2.69 bits per heavy atom. The summed E-state index contributed by atoms with van der Waals surface area (Å²) in [6.07, 6.45) is -0.336. The van der Waals surface area contributed by atoms with Gasteiger partial charge in [-0.05, 0) is 13.8 Å². The van der Waals surface area contributed by atoms with Crippen LogP contribution in [-0.4, -0.2) is 24.6 Å².